The minimum atomic E-state index is -0.333. The number of imide groups is 1. The van der Waals surface area contributed by atoms with Gasteiger partial charge in [-0.2, -0.15) is 0 Å². The number of hydrogen-bond donors (Lipinski definition) is 1. The quantitative estimate of drug-likeness (QED) is 0.854. The molecule has 1 aliphatic rings. The molecule has 3 amide bonds. The number of nitrogens with one attached hydrogen (secondary N) is 1. The van der Waals surface area contributed by atoms with Crippen molar-refractivity contribution in [3.63, 3.8) is 0 Å². The van der Waals surface area contributed by atoms with Crippen LogP contribution >= 0.6 is 0 Å². The summed E-state index contributed by atoms with van der Waals surface area (Å²) in [5.74, 6) is -0.857. The van der Waals surface area contributed by atoms with E-state index >= 15 is 0 Å². The molecule has 2 aromatic rings. The van der Waals surface area contributed by atoms with Crippen molar-refractivity contribution in [2.45, 2.75) is 26.3 Å². The molecule has 5 heteroatoms. The first kappa shape index (κ1) is 16.9. The number of carbonyl (C=O) groups excluding carboxylic acids is 3. The van der Waals surface area contributed by atoms with Crippen molar-refractivity contribution in [2.75, 3.05) is 6.54 Å². The number of rotatable bonds is 5. The van der Waals surface area contributed by atoms with E-state index in [0.29, 0.717) is 11.1 Å². The summed E-state index contributed by atoms with van der Waals surface area (Å²) in [5.41, 5.74) is 2.98. The van der Waals surface area contributed by atoms with Crippen LogP contribution in [0.15, 0.2) is 48.5 Å². The van der Waals surface area contributed by atoms with E-state index in [0.717, 1.165) is 16.0 Å². The van der Waals surface area contributed by atoms with E-state index in [2.05, 4.69) is 5.32 Å². The van der Waals surface area contributed by atoms with Crippen LogP contribution in [0.1, 0.15) is 51.2 Å². The molecule has 1 aliphatic heterocycles. The molecule has 3 rings (SSSR count). The Morgan fingerprint density at radius 1 is 1.00 bits per heavy atom. The van der Waals surface area contributed by atoms with E-state index in [1.807, 2.05) is 38.1 Å². The fraction of sp³-hybridized carbons (Fsp3) is 0.250. The van der Waals surface area contributed by atoms with Crippen molar-refractivity contribution in [1.82, 2.24) is 10.2 Å². The van der Waals surface area contributed by atoms with Gasteiger partial charge in [0.05, 0.1) is 17.2 Å². The Labute approximate surface area is 146 Å². The number of nitrogens with zero attached hydrogens (tertiary/aromatic N) is 1. The van der Waals surface area contributed by atoms with Crippen molar-refractivity contribution in [3.8, 4) is 0 Å². The monoisotopic (exact) mass is 336 g/mol. The average Bonchev–Trinajstić information content (AvgIpc) is 2.85. The highest BCUT2D eigenvalue weighted by Gasteiger charge is 2.34. The molecule has 0 aliphatic carbocycles. The lowest BCUT2D eigenvalue weighted by Crippen LogP contribution is -2.35. The number of amides is 3. The lowest BCUT2D eigenvalue weighted by Gasteiger charge is -2.17. The normalized spacial score (nSPS) is 14.4. The highest BCUT2D eigenvalue weighted by atomic mass is 16.2. The molecule has 25 heavy (non-hydrogen) atoms. The Hall–Kier alpha value is -2.95. The average molecular weight is 336 g/mol. The van der Waals surface area contributed by atoms with Crippen LogP contribution in [0.4, 0.5) is 0 Å². The van der Waals surface area contributed by atoms with Gasteiger partial charge in [0.1, 0.15) is 0 Å². The third-order valence-electron chi connectivity index (χ3n) is 4.40. The van der Waals surface area contributed by atoms with Crippen molar-refractivity contribution in [3.05, 3.63) is 70.8 Å². The molecule has 5 nitrogen and oxygen atoms in total. The van der Waals surface area contributed by atoms with Crippen LogP contribution in [-0.4, -0.2) is 29.2 Å². The largest absolute Gasteiger partial charge is 0.350 e. The van der Waals surface area contributed by atoms with Gasteiger partial charge in [0.2, 0.25) is 5.91 Å². The summed E-state index contributed by atoms with van der Waals surface area (Å²) >= 11 is 0. The number of carbonyl (C=O) groups is 3. The van der Waals surface area contributed by atoms with Crippen LogP contribution in [0.5, 0.6) is 0 Å². The number of aryl methyl sites for hydroxylation is 1. The molecule has 2 aromatic carbocycles. The first-order valence-electron chi connectivity index (χ1n) is 8.28. The van der Waals surface area contributed by atoms with E-state index in [1.54, 1.807) is 24.3 Å². The van der Waals surface area contributed by atoms with Gasteiger partial charge >= 0.3 is 0 Å². The van der Waals surface area contributed by atoms with E-state index in [1.165, 1.54) is 0 Å². The predicted octanol–water partition coefficient (Wildman–Crippen LogP) is 2.86. The summed E-state index contributed by atoms with van der Waals surface area (Å²) in [5, 5.41) is 2.90. The van der Waals surface area contributed by atoms with Crippen molar-refractivity contribution in [2.24, 2.45) is 0 Å². The van der Waals surface area contributed by atoms with Gasteiger partial charge in [0.25, 0.3) is 11.8 Å². The van der Waals surface area contributed by atoms with E-state index < -0.39 is 0 Å². The van der Waals surface area contributed by atoms with E-state index in [-0.39, 0.29) is 36.7 Å². The minimum absolute atomic E-state index is 0.0821. The van der Waals surface area contributed by atoms with Gasteiger partial charge in [-0.25, -0.2) is 0 Å². The highest BCUT2D eigenvalue weighted by Crippen LogP contribution is 2.22. The minimum Gasteiger partial charge on any atom is -0.350 e. The van der Waals surface area contributed by atoms with Gasteiger partial charge in [0, 0.05) is 13.0 Å². The number of benzene rings is 2. The second-order valence-corrected chi connectivity index (χ2v) is 6.26. The zero-order valence-corrected chi connectivity index (χ0v) is 14.3. The summed E-state index contributed by atoms with van der Waals surface area (Å²) < 4.78 is 0. The Bertz CT molecular complexity index is 792. The number of hydrogen-bond acceptors (Lipinski definition) is 3. The Kier molecular flexibility index (Phi) is 4.65. The second-order valence-electron chi connectivity index (χ2n) is 6.26. The smallest absolute Gasteiger partial charge is 0.261 e. The van der Waals surface area contributed by atoms with Crippen LogP contribution in [-0.2, 0) is 4.79 Å². The van der Waals surface area contributed by atoms with Crippen molar-refractivity contribution >= 4 is 17.7 Å². The van der Waals surface area contributed by atoms with E-state index in [9.17, 15) is 14.4 Å². The molecule has 1 unspecified atom stereocenters. The van der Waals surface area contributed by atoms with E-state index in [4.69, 9.17) is 0 Å². The fourth-order valence-electron chi connectivity index (χ4n) is 2.91. The Balaban J connectivity index is 1.57. The van der Waals surface area contributed by atoms with Gasteiger partial charge in [-0.3, -0.25) is 19.3 Å². The van der Waals surface area contributed by atoms with Gasteiger partial charge < -0.3 is 5.32 Å². The van der Waals surface area contributed by atoms with Gasteiger partial charge in [0.15, 0.2) is 0 Å². The molecule has 0 radical (unpaired) electrons. The first-order chi connectivity index (χ1) is 12.0. The SMILES string of the molecule is Cc1ccc(C(C)NC(=O)CCN2C(=O)c3ccccc3C2=O)cc1. The summed E-state index contributed by atoms with van der Waals surface area (Å²) in [6, 6.07) is 14.5. The summed E-state index contributed by atoms with van der Waals surface area (Å²) in [6.45, 7) is 4.00. The third-order valence-corrected chi connectivity index (χ3v) is 4.40. The van der Waals surface area contributed by atoms with Gasteiger partial charge in [-0.15, -0.1) is 0 Å². The summed E-state index contributed by atoms with van der Waals surface area (Å²) in [6.07, 6.45) is 0.0850. The zero-order chi connectivity index (χ0) is 18.0. The maximum atomic E-state index is 12.3. The number of fused-ring (bicyclic) bond motifs is 1. The fourth-order valence-corrected chi connectivity index (χ4v) is 2.91. The van der Waals surface area contributed by atoms with Crippen molar-refractivity contribution in [1.29, 1.82) is 0 Å². The third kappa shape index (κ3) is 3.45. The topological polar surface area (TPSA) is 66.5 Å². The second kappa shape index (κ2) is 6.89. The first-order valence-corrected chi connectivity index (χ1v) is 8.28. The summed E-state index contributed by atoms with van der Waals surface area (Å²) in [4.78, 5) is 37.9. The maximum Gasteiger partial charge on any atom is 0.261 e. The highest BCUT2D eigenvalue weighted by molar-refractivity contribution is 6.21. The molecule has 0 fully saturated rings. The van der Waals surface area contributed by atoms with Gasteiger partial charge in [-0.05, 0) is 31.5 Å². The molecular weight excluding hydrogens is 316 g/mol. The molecule has 0 spiro atoms. The molecule has 0 bridgehead atoms. The Morgan fingerprint density at radius 2 is 1.56 bits per heavy atom. The maximum absolute atomic E-state index is 12.3. The van der Waals surface area contributed by atoms with Gasteiger partial charge in [-0.1, -0.05) is 42.0 Å². The zero-order valence-electron chi connectivity index (χ0n) is 14.3. The van der Waals surface area contributed by atoms with Crippen LogP contribution in [0.25, 0.3) is 0 Å². The van der Waals surface area contributed by atoms with Crippen LogP contribution in [0.3, 0.4) is 0 Å². The lowest BCUT2D eigenvalue weighted by molar-refractivity contribution is -0.121. The predicted molar refractivity (Wildman–Crippen MR) is 94.2 cm³/mol. The molecule has 128 valence electrons. The van der Waals surface area contributed by atoms with Crippen molar-refractivity contribution < 1.29 is 14.4 Å². The Morgan fingerprint density at radius 3 is 2.12 bits per heavy atom. The molecule has 1 N–H and O–H groups in total. The molecule has 0 aromatic heterocycles. The van der Waals surface area contributed by atoms with Crippen LogP contribution in [0, 0.1) is 6.92 Å². The summed E-state index contributed by atoms with van der Waals surface area (Å²) in [7, 11) is 0. The molecule has 0 saturated carbocycles. The lowest BCUT2D eigenvalue weighted by atomic mass is 10.1. The molecule has 1 atom stereocenters. The molecular formula is C20H20N2O3. The molecule has 1 heterocycles. The van der Waals surface area contributed by atoms with Crippen LogP contribution < -0.4 is 5.32 Å². The molecule has 0 saturated heterocycles. The van der Waals surface area contributed by atoms with Crippen LogP contribution in [0.2, 0.25) is 0 Å². The standard InChI is InChI=1S/C20H20N2O3/c1-13-7-9-15(10-8-13)14(2)21-18(23)11-12-22-19(24)16-5-3-4-6-17(16)20(22)25/h3-10,14H,11-12H2,1-2H3,(H,21,23).